The van der Waals surface area contributed by atoms with Crippen molar-refractivity contribution >= 4 is 29.1 Å². The van der Waals surface area contributed by atoms with E-state index in [1.165, 1.54) is 19.2 Å². The third kappa shape index (κ3) is 6.16. The third-order valence-electron chi connectivity index (χ3n) is 7.55. The Morgan fingerprint density at radius 3 is 2.17 bits per heavy atom. The van der Waals surface area contributed by atoms with Crippen molar-refractivity contribution in [2.45, 2.75) is 49.7 Å². The fourth-order valence-electron chi connectivity index (χ4n) is 5.22. The molecule has 2 fully saturated rings. The van der Waals surface area contributed by atoms with E-state index in [-0.39, 0.29) is 37.0 Å². The molecule has 2 saturated heterocycles. The lowest BCUT2D eigenvalue weighted by molar-refractivity contribution is -0.262. The number of piperidine rings is 2. The highest BCUT2D eigenvalue weighted by atomic mass is 35.5. The molecule has 2 aliphatic heterocycles. The maximum absolute atomic E-state index is 14.1. The van der Waals surface area contributed by atoms with Gasteiger partial charge in [-0.25, -0.2) is 0 Å². The summed E-state index contributed by atoms with van der Waals surface area (Å²) in [5, 5.41) is 13.7. The quantitative estimate of drug-likeness (QED) is 0.509. The van der Waals surface area contributed by atoms with Crippen molar-refractivity contribution in [1.82, 2.24) is 10.2 Å². The van der Waals surface area contributed by atoms with Crippen LogP contribution in [-0.4, -0.2) is 80.5 Å². The molecule has 2 aliphatic rings. The molecule has 0 aliphatic carbocycles. The van der Waals surface area contributed by atoms with Gasteiger partial charge in [-0.05, 0) is 56.0 Å². The van der Waals surface area contributed by atoms with Gasteiger partial charge in [0.25, 0.3) is 17.4 Å². The average Bonchev–Trinajstić information content (AvgIpc) is 2.96. The van der Waals surface area contributed by atoms with Crippen molar-refractivity contribution in [1.29, 1.82) is 0 Å². The Hall–Kier alpha value is -3.02. The summed E-state index contributed by atoms with van der Waals surface area (Å²) in [5.74, 6) is -1.55. The molecule has 0 bridgehead atoms. The lowest BCUT2D eigenvalue weighted by Crippen LogP contribution is -2.57. The normalized spacial score (nSPS) is 18.8. The lowest BCUT2D eigenvalue weighted by Gasteiger charge is -2.40. The second-order valence-corrected chi connectivity index (χ2v) is 10.4. The van der Waals surface area contributed by atoms with E-state index in [1.807, 2.05) is 6.07 Å². The number of likely N-dealkylation sites (tertiary alicyclic amines) is 1. The molecule has 1 unspecified atom stereocenters. The van der Waals surface area contributed by atoms with Crippen molar-refractivity contribution in [2.24, 2.45) is 0 Å². The molecule has 2 aromatic carbocycles. The molecule has 2 N–H and O–H groups in total. The summed E-state index contributed by atoms with van der Waals surface area (Å²) in [7, 11) is 2.84. The van der Waals surface area contributed by atoms with Crippen molar-refractivity contribution in [3.63, 3.8) is 0 Å². The van der Waals surface area contributed by atoms with Crippen LogP contribution in [0.2, 0.25) is 5.02 Å². The summed E-state index contributed by atoms with van der Waals surface area (Å²) in [4.78, 5) is 28.2. The number of rotatable bonds is 7. The van der Waals surface area contributed by atoms with Gasteiger partial charge in [-0.1, -0.05) is 23.7 Å². The Balaban J connectivity index is 1.31. The number of aliphatic hydroxyl groups is 1. The number of benzene rings is 2. The first-order chi connectivity index (χ1) is 19.0. The Morgan fingerprint density at radius 1 is 1.00 bits per heavy atom. The smallest absolute Gasteiger partial charge is 0.430 e. The number of methoxy groups -OCH3 is 1. The van der Waals surface area contributed by atoms with Crippen LogP contribution in [0.1, 0.15) is 41.6 Å². The molecular formula is C28H33ClF3N3O5. The summed E-state index contributed by atoms with van der Waals surface area (Å²) < 4.78 is 53.5. The second kappa shape index (κ2) is 12.2. The van der Waals surface area contributed by atoms with Gasteiger partial charge < -0.3 is 29.7 Å². The molecular weight excluding hydrogens is 551 g/mol. The molecule has 40 heavy (non-hydrogen) atoms. The number of anilines is 1. The van der Waals surface area contributed by atoms with E-state index in [9.17, 15) is 27.9 Å². The molecule has 218 valence electrons. The topological polar surface area (TPSA) is 91.3 Å². The molecule has 2 amide bonds. The number of carbonyl (C=O) groups is 2. The summed E-state index contributed by atoms with van der Waals surface area (Å²) >= 11 is 6.29. The van der Waals surface area contributed by atoms with Gasteiger partial charge in [0.1, 0.15) is 5.75 Å². The Morgan fingerprint density at radius 2 is 1.62 bits per heavy atom. The zero-order chi connectivity index (χ0) is 29.1. The van der Waals surface area contributed by atoms with E-state index in [0.717, 1.165) is 48.7 Å². The highest BCUT2D eigenvalue weighted by Crippen LogP contribution is 2.42. The number of alkyl halides is 3. The minimum Gasteiger partial charge on any atom is -0.497 e. The van der Waals surface area contributed by atoms with Gasteiger partial charge in [-0.15, -0.1) is 0 Å². The number of amides is 2. The highest BCUT2D eigenvalue weighted by molar-refractivity contribution is 6.34. The highest BCUT2D eigenvalue weighted by Gasteiger charge is 2.62. The maximum atomic E-state index is 14.1. The van der Waals surface area contributed by atoms with Crippen molar-refractivity contribution in [2.75, 3.05) is 45.2 Å². The molecule has 0 radical (unpaired) electrons. The minimum absolute atomic E-state index is 0.0204. The van der Waals surface area contributed by atoms with Crippen molar-refractivity contribution in [3.8, 4) is 5.75 Å². The van der Waals surface area contributed by atoms with Crippen LogP contribution in [-0.2, 0) is 15.1 Å². The van der Waals surface area contributed by atoms with Crippen LogP contribution in [0.15, 0.2) is 42.5 Å². The summed E-state index contributed by atoms with van der Waals surface area (Å²) in [6, 6.07) is 10.2. The van der Waals surface area contributed by atoms with Gasteiger partial charge in [0.15, 0.2) is 0 Å². The van der Waals surface area contributed by atoms with Gasteiger partial charge in [0.05, 0.1) is 29.9 Å². The van der Waals surface area contributed by atoms with Crippen molar-refractivity contribution in [3.05, 3.63) is 58.6 Å². The summed E-state index contributed by atoms with van der Waals surface area (Å²) in [6.45, 7) is 1.52. The molecule has 2 heterocycles. The minimum atomic E-state index is -5.22. The van der Waals surface area contributed by atoms with Gasteiger partial charge in [0, 0.05) is 44.5 Å². The van der Waals surface area contributed by atoms with Crippen LogP contribution in [0.25, 0.3) is 0 Å². The number of ether oxygens (including phenoxy) is 2. The molecule has 2 aromatic rings. The molecule has 12 heteroatoms. The number of hydrogen-bond donors (Lipinski definition) is 2. The molecule has 0 aromatic heterocycles. The first-order valence-corrected chi connectivity index (χ1v) is 13.5. The van der Waals surface area contributed by atoms with Crippen LogP contribution in [0, 0.1) is 0 Å². The lowest BCUT2D eigenvalue weighted by atomic mass is 9.90. The molecule has 0 saturated carbocycles. The standard InChI is InChI=1S/C28H33ClF3N3O5/c1-33-25(36)23-7-6-19(17-24(23)29)34-12-8-20(9-13-34)40-21-10-14-35(15-11-21)26(37)27(38,28(30,31)32)18-4-3-5-22(16-18)39-2/h3-7,16-17,20-21,38H,8-15H2,1-2H3,(H,33,36). The Kier molecular flexibility index (Phi) is 9.16. The van der Waals surface area contributed by atoms with Crippen LogP contribution in [0.5, 0.6) is 5.75 Å². The number of hydrogen-bond acceptors (Lipinski definition) is 6. The predicted molar refractivity (Wildman–Crippen MR) is 144 cm³/mol. The Bertz CT molecular complexity index is 1210. The van der Waals surface area contributed by atoms with E-state index in [2.05, 4.69) is 10.2 Å². The van der Waals surface area contributed by atoms with Crippen LogP contribution < -0.4 is 15.0 Å². The first kappa shape index (κ1) is 30.0. The maximum Gasteiger partial charge on any atom is 0.430 e. The van der Waals surface area contributed by atoms with Crippen LogP contribution in [0.4, 0.5) is 18.9 Å². The van der Waals surface area contributed by atoms with Gasteiger partial charge in [-0.2, -0.15) is 13.2 Å². The molecule has 4 rings (SSSR count). The van der Waals surface area contributed by atoms with E-state index in [1.54, 1.807) is 19.2 Å². The third-order valence-corrected chi connectivity index (χ3v) is 7.87. The monoisotopic (exact) mass is 583 g/mol. The molecule has 8 nitrogen and oxygen atoms in total. The van der Waals surface area contributed by atoms with Gasteiger partial charge in [-0.3, -0.25) is 9.59 Å². The fourth-order valence-corrected chi connectivity index (χ4v) is 5.48. The summed E-state index contributed by atoms with van der Waals surface area (Å²) in [5.41, 5.74) is -2.94. The number of carbonyl (C=O) groups excluding carboxylic acids is 2. The number of nitrogens with one attached hydrogen (secondary N) is 1. The van der Waals surface area contributed by atoms with Crippen molar-refractivity contribution < 1.29 is 37.3 Å². The average molecular weight is 584 g/mol. The summed E-state index contributed by atoms with van der Waals surface area (Å²) in [6.07, 6.45) is -3.20. The SMILES string of the molecule is CNC(=O)c1ccc(N2CCC(OC3CCN(C(=O)C(O)(c4cccc(OC)c4)C(F)(F)F)CC3)CC2)cc1Cl. The van der Waals surface area contributed by atoms with E-state index in [0.29, 0.717) is 23.4 Å². The van der Waals surface area contributed by atoms with Crippen LogP contribution >= 0.6 is 11.6 Å². The number of nitrogens with zero attached hydrogens (tertiary/aromatic N) is 2. The number of halogens is 4. The first-order valence-electron chi connectivity index (χ1n) is 13.1. The fraction of sp³-hybridized carbons (Fsp3) is 0.500. The predicted octanol–water partition coefficient (Wildman–Crippen LogP) is 4.13. The Labute approximate surface area is 236 Å². The second-order valence-electron chi connectivity index (χ2n) is 10.00. The molecule has 0 spiro atoms. The van der Waals surface area contributed by atoms with E-state index < -0.39 is 23.2 Å². The van der Waals surface area contributed by atoms with E-state index in [4.69, 9.17) is 21.1 Å². The van der Waals surface area contributed by atoms with Gasteiger partial charge >= 0.3 is 6.18 Å². The molecule has 1 atom stereocenters. The van der Waals surface area contributed by atoms with Gasteiger partial charge in [0.2, 0.25) is 0 Å². The van der Waals surface area contributed by atoms with Crippen LogP contribution in [0.3, 0.4) is 0 Å². The largest absolute Gasteiger partial charge is 0.497 e. The zero-order valence-corrected chi connectivity index (χ0v) is 23.1. The van der Waals surface area contributed by atoms with E-state index >= 15 is 0 Å². The zero-order valence-electron chi connectivity index (χ0n) is 22.3.